The zero-order valence-electron chi connectivity index (χ0n) is 13.7. The maximum atomic E-state index is 12.1. The van der Waals surface area contributed by atoms with Gasteiger partial charge in [-0.2, -0.15) is 0 Å². The van der Waals surface area contributed by atoms with Crippen molar-refractivity contribution >= 4 is 23.4 Å². The Kier molecular flexibility index (Phi) is 6.45. The number of benzene rings is 1. The summed E-state index contributed by atoms with van der Waals surface area (Å²) in [6.45, 7) is 4.17. The van der Waals surface area contributed by atoms with Crippen LogP contribution in [0.25, 0.3) is 0 Å². The van der Waals surface area contributed by atoms with Crippen LogP contribution in [0.3, 0.4) is 0 Å². The summed E-state index contributed by atoms with van der Waals surface area (Å²) in [6.07, 6.45) is 4.69. The van der Waals surface area contributed by atoms with Crippen molar-refractivity contribution in [2.45, 2.75) is 50.8 Å². The Balaban J connectivity index is 1.83. The monoisotopic (exact) mass is 336 g/mol. The first-order valence-corrected chi connectivity index (χ1v) is 9.17. The molecule has 0 aromatic heterocycles. The predicted molar refractivity (Wildman–Crippen MR) is 93.5 cm³/mol. The minimum Gasteiger partial charge on any atom is -0.352 e. The minimum atomic E-state index is -0.391. The van der Waals surface area contributed by atoms with E-state index < -0.39 is 4.92 Å². The second-order valence-corrected chi connectivity index (χ2v) is 7.57. The zero-order chi connectivity index (χ0) is 16.8. The van der Waals surface area contributed by atoms with Gasteiger partial charge >= 0.3 is 0 Å². The molecule has 126 valence electrons. The predicted octanol–water partition coefficient (Wildman–Crippen LogP) is 4.08. The molecular formula is C17H24N2O3S. The smallest absolute Gasteiger partial charge is 0.269 e. The molecule has 0 aliphatic heterocycles. The number of amides is 1. The highest BCUT2D eigenvalue weighted by Gasteiger charge is 2.23. The van der Waals surface area contributed by atoms with Crippen molar-refractivity contribution in [2.75, 3.05) is 5.75 Å². The topological polar surface area (TPSA) is 72.2 Å². The van der Waals surface area contributed by atoms with E-state index in [1.165, 1.54) is 37.1 Å². The van der Waals surface area contributed by atoms with Gasteiger partial charge in [-0.15, -0.1) is 11.8 Å². The summed E-state index contributed by atoms with van der Waals surface area (Å²) in [4.78, 5) is 22.6. The molecule has 0 radical (unpaired) electrons. The highest BCUT2D eigenvalue weighted by molar-refractivity contribution is 8.00. The summed E-state index contributed by atoms with van der Waals surface area (Å²) in [5.41, 5.74) is 0.971. The maximum Gasteiger partial charge on any atom is 0.269 e. The van der Waals surface area contributed by atoms with Crippen LogP contribution in [0, 0.1) is 16.0 Å². The van der Waals surface area contributed by atoms with Gasteiger partial charge in [-0.1, -0.05) is 31.9 Å². The Morgan fingerprint density at radius 2 is 2.17 bits per heavy atom. The number of thioether (sulfide) groups is 1. The van der Waals surface area contributed by atoms with E-state index in [0.29, 0.717) is 17.7 Å². The summed E-state index contributed by atoms with van der Waals surface area (Å²) in [5, 5.41) is 14.0. The van der Waals surface area contributed by atoms with Gasteiger partial charge in [0.2, 0.25) is 5.91 Å². The molecule has 1 aromatic rings. The van der Waals surface area contributed by atoms with E-state index in [1.54, 1.807) is 12.1 Å². The number of carbonyl (C=O) groups excluding carboxylic acids is 1. The summed E-state index contributed by atoms with van der Waals surface area (Å²) in [5.74, 6) is 0.991. The fourth-order valence-corrected chi connectivity index (χ4v) is 3.79. The first kappa shape index (κ1) is 17.8. The second-order valence-electron chi connectivity index (χ2n) is 6.24. The van der Waals surface area contributed by atoms with Crippen molar-refractivity contribution in [3.8, 4) is 0 Å². The zero-order valence-corrected chi connectivity index (χ0v) is 14.5. The third-order valence-electron chi connectivity index (χ3n) is 4.47. The van der Waals surface area contributed by atoms with Crippen LogP contribution in [0.1, 0.15) is 50.3 Å². The lowest BCUT2D eigenvalue weighted by molar-refractivity contribution is -0.384. The van der Waals surface area contributed by atoms with Crippen molar-refractivity contribution in [3.63, 3.8) is 0 Å². The standard InChI is InChI=1S/C17H24N2O3S/c1-12-6-3-4-9-16(12)18-17(20)11-23-13(2)14-7-5-8-15(10-14)19(21)22/h5,7-8,10,12-13,16H,3-4,6,9,11H2,1-2H3,(H,18,20)/t12-,13+,16-/m1/s1. The molecule has 1 fully saturated rings. The van der Waals surface area contributed by atoms with Crippen LogP contribution in [0.4, 0.5) is 5.69 Å². The van der Waals surface area contributed by atoms with Crippen molar-refractivity contribution in [1.82, 2.24) is 5.32 Å². The van der Waals surface area contributed by atoms with Crippen LogP contribution in [0.15, 0.2) is 24.3 Å². The Bertz CT molecular complexity index is 565. The first-order chi connectivity index (χ1) is 11.0. The summed E-state index contributed by atoms with van der Waals surface area (Å²) < 4.78 is 0. The SMILES string of the molecule is C[C@H](SCC(=O)N[C@@H]1CCCC[C@H]1C)c1cccc([N+](=O)[O-])c1. The molecule has 1 aliphatic carbocycles. The van der Waals surface area contributed by atoms with Crippen molar-refractivity contribution in [1.29, 1.82) is 0 Å². The van der Waals surface area contributed by atoms with E-state index in [9.17, 15) is 14.9 Å². The van der Waals surface area contributed by atoms with Crippen LogP contribution in [-0.4, -0.2) is 22.6 Å². The Labute approximate surface area is 141 Å². The Hall–Kier alpha value is -1.56. The number of nitrogens with zero attached hydrogens (tertiary/aromatic N) is 1. The number of hydrogen-bond donors (Lipinski definition) is 1. The lowest BCUT2D eigenvalue weighted by Crippen LogP contribution is -2.41. The molecule has 0 bridgehead atoms. The quantitative estimate of drug-likeness (QED) is 0.627. The molecule has 0 spiro atoms. The van der Waals surface area contributed by atoms with Gasteiger partial charge in [0.25, 0.3) is 5.69 Å². The van der Waals surface area contributed by atoms with Crippen LogP contribution in [-0.2, 0) is 4.79 Å². The van der Waals surface area contributed by atoms with Crippen LogP contribution < -0.4 is 5.32 Å². The van der Waals surface area contributed by atoms with Gasteiger partial charge in [-0.05, 0) is 31.2 Å². The number of carbonyl (C=O) groups is 1. The number of non-ortho nitro benzene ring substituents is 1. The van der Waals surface area contributed by atoms with Crippen molar-refractivity contribution in [3.05, 3.63) is 39.9 Å². The summed E-state index contributed by atoms with van der Waals surface area (Å²) in [6, 6.07) is 6.92. The van der Waals surface area contributed by atoms with Crippen molar-refractivity contribution < 1.29 is 9.72 Å². The Morgan fingerprint density at radius 1 is 1.43 bits per heavy atom. The maximum absolute atomic E-state index is 12.1. The number of rotatable bonds is 6. The van der Waals surface area contributed by atoms with Crippen LogP contribution >= 0.6 is 11.8 Å². The molecule has 1 amide bonds. The molecule has 23 heavy (non-hydrogen) atoms. The molecule has 0 saturated heterocycles. The molecule has 1 aliphatic rings. The van der Waals surface area contributed by atoms with Gasteiger partial charge in [-0.25, -0.2) is 0 Å². The molecule has 0 unspecified atom stereocenters. The third-order valence-corrected chi connectivity index (χ3v) is 5.67. The number of nitrogens with one attached hydrogen (secondary N) is 1. The molecule has 1 N–H and O–H groups in total. The molecule has 5 nitrogen and oxygen atoms in total. The van der Waals surface area contributed by atoms with Crippen LogP contribution in [0.5, 0.6) is 0 Å². The fraction of sp³-hybridized carbons (Fsp3) is 0.588. The lowest BCUT2D eigenvalue weighted by Gasteiger charge is -2.29. The van der Waals surface area contributed by atoms with E-state index in [0.717, 1.165) is 12.0 Å². The summed E-state index contributed by atoms with van der Waals surface area (Å²) >= 11 is 1.51. The molecule has 6 heteroatoms. The highest BCUT2D eigenvalue weighted by Crippen LogP contribution is 2.30. The number of hydrogen-bond acceptors (Lipinski definition) is 4. The van der Waals surface area contributed by atoms with Crippen molar-refractivity contribution in [2.24, 2.45) is 5.92 Å². The average Bonchev–Trinajstić information content (AvgIpc) is 2.55. The minimum absolute atomic E-state index is 0.0458. The van der Waals surface area contributed by atoms with Gasteiger partial charge in [0.05, 0.1) is 10.7 Å². The van der Waals surface area contributed by atoms with Gasteiger partial charge < -0.3 is 5.32 Å². The molecule has 0 heterocycles. The first-order valence-electron chi connectivity index (χ1n) is 8.12. The molecular weight excluding hydrogens is 312 g/mol. The largest absolute Gasteiger partial charge is 0.352 e. The molecule has 1 aromatic carbocycles. The summed E-state index contributed by atoms with van der Waals surface area (Å²) in [7, 11) is 0. The van der Waals surface area contributed by atoms with Gasteiger partial charge in [0.1, 0.15) is 0 Å². The van der Waals surface area contributed by atoms with Gasteiger partial charge in [-0.3, -0.25) is 14.9 Å². The van der Waals surface area contributed by atoms with E-state index in [2.05, 4.69) is 12.2 Å². The van der Waals surface area contributed by atoms with Crippen LogP contribution in [0.2, 0.25) is 0 Å². The normalized spacial score (nSPS) is 22.3. The molecule has 3 atom stereocenters. The second kappa shape index (κ2) is 8.34. The third kappa shape index (κ3) is 5.23. The lowest BCUT2D eigenvalue weighted by atomic mass is 9.86. The van der Waals surface area contributed by atoms with E-state index >= 15 is 0 Å². The average molecular weight is 336 g/mol. The van der Waals surface area contributed by atoms with E-state index in [4.69, 9.17) is 0 Å². The number of nitro groups is 1. The number of nitro benzene ring substituents is 1. The molecule has 2 rings (SSSR count). The van der Waals surface area contributed by atoms with Gasteiger partial charge in [0.15, 0.2) is 0 Å². The Morgan fingerprint density at radius 3 is 2.87 bits per heavy atom. The fourth-order valence-electron chi connectivity index (χ4n) is 2.97. The van der Waals surface area contributed by atoms with Gasteiger partial charge in [0, 0.05) is 23.4 Å². The van der Waals surface area contributed by atoms with E-state index in [-0.39, 0.29) is 16.8 Å². The highest BCUT2D eigenvalue weighted by atomic mass is 32.2. The molecule has 1 saturated carbocycles. The van der Waals surface area contributed by atoms with E-state index in [1.807, 2.05) is 13.0 Å².